The molecule has 0 saturated carbocycles. The van der Waals surface area contributed by atoms with Crippen LogP contribution in [-0.4, -0.2) is 25.3 Å². The maximum atomic E-state index is 12.1. The second-order valence-electron chi connectivity index (χ2n) is 5.41. The molecule has 0 aliphatic rings. The van der Waals surface area contributed by atoms with Crippen molar-refractivity contribution in [2.45, 2.75) is 20.0 Å². The Morgan fingerprint density at radius 1 is 1.20 bits per heavy atom. The van der Waals surface area contributed by atoms with Crippen LogP contribution >= 0.6 is 45.2 Å². The van der Waals surface area contributed by atoms with Gasteiger partial charge in [-0.15, -0.1) is 0 Å². The minimum atomic E-state index is -0.292. The smallest absolute Gasteiger partial charge is 0.271 e. The third-order valence-electron chi connectivity index (χ3n) is 3.09. The highest BCUT2D eigenvalue weighted by Gasteiger charge is 2.10. The van der Waals surface area contributed by atoms with Crippen LogP contribution < -0.4 is 14.9 Å². The Hall–Kier alpha value is -1.36. The summed E-state index contributed by atoms with van der Waals surface area (Å²) < 4.78 is 12.9. The zero-order valence-corrected chi connectivity index (χ0v) is 18.4. The number of hydrogen-bond acceptors (Lipinski definition) is 4. The fourth-order valence-corrected chi connectivity index (χ4v) is 4.07. The number of nitrogens with zero attached hydrogens (tertiary/aromatic N) is 1. The van der Waals surface area contributed by atoms with Gasteiger partial charge in [0.25, 0.3) is 5.91 Å². The number of amides is 1. The number of nitrogens with one attached hydrogen (secondary N) is 1. The molecule has 0 aliphatic heterocycles. The summed E-state index contributed by atoms with van der Waals surface area (Å²) in [5, 5.41) is 4.03. The molecular formula is C18H18I2N2O3. The molecular weight excluding hydrogens is 546 g/mol. The predicted octanol–water partition coefficient (Wildman–Crippen LogP) is 4.46. The van der Waals surface area contributed by atoms with Crippen molar-refractivity contribution < 1.29 is 14.3 Å². The summed E-state index contributed by atoms with van der Waals surface area (Å²) in [4.78, 5) is 12.1. The Bertz CT molecular complexity index is 769. The molecule has 25 heavy (non-hydrogen) atoms. The lowest BCUT2D eigenvalue weighted by Crippen LogP contribution is -2.17. The number of hydrazone groups is 1. The number of ether oxygens (including phenoxy) is 2. The normalized spacial score (nSPS) is 11.0. The van der Waals surface area contributed by atoms with Crippen LogP contribution in [0, 0.1) is 7.14 Å². The van der Waals surface area contributed by atoms with Gasteiger partial charge in [-0.05, 0) is 94.9 Å². The van der Waals surface area contributed by atoms with Gasteiger partial charge in [-0.25, -0.2) is 5.43 Å². The third-order valence-corrected chi connectivity index (χ3v) is 4.69. The molecule has 5 nitrogen and oxygen atoms in total. The number of benzene rings is 2. The van der Waals surface area contributed by atoms with Crippen molar-refractivity contribution >= 4 is 57.3 Å². The number of hydrogen-bond donors (Lipinski definition) is 1. The molecule has 0 bridgehead atoms. The molecule has 2 aromatic rings. The molecule has 0 radical (unpaired) electrons. The summed E-state index contributed by atoms with van der Waals surface area (Å²) in [6, 6.07) is 10.8. The predicted molar refractivity (Wildman–Crippen MR) is 116 cm³/mol. The van der Waals surface area contributed by atoms with Gasteiger partial charge in [-0.1, -0.05) is 6.07 Å². The van der Waals surface area contributed by atoms with E-state index in [-0.39, 0.29) is 12.0 Å². The zero-order valence-electron chi connectivity index (χ0n) is 14.0. The zero-order chi connectivity index (χ0) is 18.4. The van der Waals surface area contributed by atoms with E-state index in [1.54, 1.807) is 37.6 Å². The van der Waals surface area contributed by atoms with E-state index in [1.165, 1.54) is 0 Å². The van der Waals surface area contributed by atoms with Crippen LogP contribution in [0.1, 0.15) is 29.8 Å². The lowest BCUT2D eigenvalue weighted by atomic mass is 10.2. The van der Waals surface area contributed by atoms with Gasteiger partial charge in [0.2, 0.25) is 0 Å². The molecule has 1 N–H and O–H groups in total. The van der Waals surface area contributed by atoms with Crippen LogP contribution in [0.2, 0.25) is 0 Å². The van der Waals surface area contributed by atoms with Crippen LogP contribution in [0.3, 0.4) is 0 Å². The monoisotopic (exact) mass is 564 g/mol. The van der Waals surface area contributed by atoms with Crippen molar-refractivity contribution in [3.8, 4) is 11.5 Å². The Kier molecular flexibility index (Phi) is 7.48. The molecule has 0 aromatic heterocycles. The fraction of sp³-hybridized carbons (Fsp3) is 0.222. The van der Waals surface area contributed by atoms with Crippen molar-refractivity contribution in [3.63, 3.8) is 0 Å². The van der Waals surface area contributed by atoms with Gasteiger partial charge < -0.3 is 9.47 Å². The molecule has 0 fully saturated rings. The highest BCUT2D eigenvalue weighted by molar-refractivity contribution is 14.1. The van der Waals surface area contributed by atoms with Crippen molar-refractivity contribution in [2.75, 3.05) is 7.11 Å². The molecule has 132 valence electrons. The second-order valence-corrected chi connectivity index (χ2v) is 7.74. The summed E-state index contributed by atoms with van der Waals surface area (Å²) in [6.45, 7) is 3.99. The SMILES string of the molecule is COc1cccc(C(=O)N/N=C\c2cc(I)c(OC(C)C)c(I)c2)c1. The quantitative estimate of drug-likeness (QED) is 0.321. The summed E-state index contributed by atoms with van der Waals surface area (Å²) in [7, 11) is 1.56. The first-order valence-electron chi connectivity index (χ1n) is 7.54. The second kappa shape index (κ2) is 9.37. The van der Waals surface area contributed by atoms with E-state index < -0.39 is 0 Å². The Morgan fingerprint density at radius 3 is 2.48 bits per heavy atom. The summed E-state index contributed by atoms with van der Waals surface area (Å²) in [6.07, 6.45) is 1.73. The van der Waals surface area contributed by atoms with E-state index in [0.29, 0.717) is 11.3 Å². The van der Waals surface area contributed by atoms with Crippen molar-refractivity contribution in [1.82, 2.24) is 5.43 Å². The Balaban J connectivity index is 2.07. The molecule has 0 spiro atoms. The van der Waals surface area contributed by atoms with Crippen LogP contribution in [0.15, 0.2) is 41.5 Å². The van der Waals surface area contributed by atoms with Gasteiger partial charge in [-0.2, -0.15) is 5.10 Å². The van der Waals surface area contributed by atoms with Crippen molar-refractivity contribution in [2.24, 2.45) is 5.10 Å². The molecule has 7 heteroatoms. The maximum absolute atomic E-state index is 12.1. The van der Waals surface area contributed by atoms with Gasteiger partial charge in [0.15, 0.2) is 0 Å². The van der Waals surface area contributed by atoms with Crippen molar-refractivity contribution in [1.29, 1.82) is 0 Å². The molecule has 2 aromatic carbocycles. The average Bonchev–Trinajstić information content (AvgIpc) is 2.58. The third kappa shape index (κ3) is 5.84. The molecule has 2 rings (SSSR count). The fourth-order valence-electron chi connectivity index (χ4n) is 2.00. The largest absolute Gasteiger partial charge is 0.497 e. The Morgan fingerprint density at radius 2 is 1.88 bits per heavy atom. The topological polar surface area (TPSA) is 59.9 Å². The number of halogens is 2. The molecule has 0 aliphatic carbocycles. The van der Waals surface area contributed by atoms with Gasteiger partial charge in [0.05, 0.1) is 26.6 Å². The van der Waals surface area contributed by atoms with E-state index in [2.05, 4.69) is 55.7 Å². The first-order chi connectivity index (χ1) is 11.9. The van der Waals surface area contributed by atoms with E-state index in [1.807, 2.05) is 26.0 Å². The van der Waals surface area contributed by atoms with Gasteiger partial charge in [-0.3, -0.25) is 4.79 Å². The number of carbonyl (C=O) groups excluding carboxylic acids is 1. The Labute approximate surface area is 174 Å². The summed E-state index contributed by atoms with van der Waals surface area (Å²) in [5.74, 6) is 1.20. The van der Waals surface area contributed by atoms with Gasteiger partial charge in [0.1, 0.15) is 11.5 Å². The molecule has 0 heterocycles. The van der Waals surface area contributed by atoms with E-state index in [4.69, 9.17) is 9.47 Å². The molecule has 0 unspecified atom stereocenters. The van der Waals surface area contributed by atoms with E-state index >= 15 is 0 Å². The standard InChI is InChI=1S/C18H18I2N2O3/c1-11(2)25-17-15(19)7-12(8-16(17)20)10-21-22-18(23)13-5-4-6-14(9-13)24-3/h4-11H,1-3H3,(H,22,23)/b21-10-. The number of carbonyl (C=O) groups is 1. The maximum Gasteiger partial charge on any atom is 0.271 e. The lowest BCUT2D eigenvalue weighted by Gasteiger charge is -2.14. The summed E-state index contributed by atoms with van der Waals surface area (Å²) >= 11 is 4.47. The highest BCUT2D eigenvalue weighted by Crippen LogP contribution is 2.29. The molecule has 0 atom stereocenters. The van der Waals surface area contributed by atoms with Crippen LogP contribution in [0.4, 0.5) is 0 Å². The number of methoxy groups -OCH3 is 1. The number of rotatable bonds is 6. The van der Waals surface area contributed by atoms with Gasteiger partial charge >= 0.3 is 0 Å². The van der Waals surface area contributed by atoms with Crippen LogP contribution in [-0.2, 0) is 0 Å². The average molecular weight is 564 g/mol. The van der Waals surface area contributed by atoms with Crippen LogP contribution in [0.5, 0.6) is 11.5 Å². The first-order valence-corrected chi connectivity index (χ1v) is 9.69. The molecule has 1 amide bonds. The minimum absolute atomic E-state index is 0.115. The van der Waals surface area contributed by atoms with E-state index in [9.17, 15) is 4.79 Å². The van der Waals surface area contributed by atoms with Crippen molar-refractivity contribution in [3.05, 3.63) is 54.7 Å². The molecule has 0 saturated heterocycles. The highest BCUT2D eigenvalue weighted by atomic mass is 127. The lowest BCUT2D eigenvalue weighted by molar-refractivity contribution is 0.0955. The van der Waals surface area contributed by atoms with Gasteiger partial charge in [0, 0.05) is 5.56 Å². The van der Waals surface area contributed by atoms with Crippen LogP contribution in [0.25, 0.3) is 0 Å². The van der Waals surface area contributed by atoms with E-state index in [0.717, 1.165) is 18.5 Å². The first kappa shape index (κ1) is 20.0. The minimum Gasteiger partial charge on any atom is -0.497 e. The summed E-state index contributed by atoms with van der Waals surface area (Å²) in [5.41, 5.74) is 3.90.